The normalized spacial score (nSPS) is 38.4. The number of amides is 1. The Labute approximate surface area is 355 Å². The second-order valence-corrected chi connectivity index (χ2v) is 22.5. The van der Waals surface area contributed by atoms with Crippen LogP contribution in [0.15, 0.2) is 42.5 Å². The van der Waals surface area contributed by atoms with Crippen LogP contribution in [0.5, 0.6) is 0 Å². The highest BCUT2D eigenvalue weighted by molar-refractivity contribution is 5.85. The van der Waals surface area contributed by atoms with Crippen LogP contribution in [-0.2, 0) is 35.1 Å². The molecule has 5 saturated carbocycles. The van der Waals surface area contributed by atoms with Crippen LogP contribution in [0.2, 0.25) is 0 Å². The highest BCUT2D eigenvalue weighted by Gasteiger charge is 2.72. The van der Waals surface area contributed by atoms with Crippen molar-refractivity contribution in [1.82, 2.24) is 4.90 Å². The fourth-order valence-corrected chi connectivity index (χ4v) is 15.5. The van der Waals surface area contributed by atoms with Crippen molar-refractivity contribution in [3.05, 3.63) is 48.0 Å². The number of likely N-dealkylation sites (tertiary alicyclic amines) is 1. The van der Waals surface area contributed by atoms with E-state index in [0.717, 1.165) is 69.8 Å². The lowest BCUT2D eigenvalue weighted by Gasteiger charge is -2.73. The summed E-state index contributed by atoms with van der Waals surface area (Å²) in [7, 11) is 0. The van der Waals surface area contributed by atoms with Crippen LogP contribution < -0.4 is 0 Å². The predicted molar refractivity (Wildman–Crippen MR) is 230 cm³/mol. The van der Waals surface area contributed by atoms with E-state index in [1.807, 2.05) is 25.1 Å². The van der Waals surface area contributed by atoms with Crippen LogP contribution in [0.1, 0.15) is 151 Å². The number of piperidine rings is 1. The van der Waals surface area contributed by atoms with E-state index in [-0.39, 0.29) is 46.1 Å². The van der Waals surface area contributed by atoms with Gasteiger partial charge in [0, 0.05) is 18.5 Å². The van der Waals surface area contributed by atoms with Crippen LogP contribution in [0.25, 0.3) is 0 Å². The van der Waals surface area contributed by atoms with Gasteiger partial charge in [-0.25, -0.2) is 0 Å². The molecule has 1 aromatic carbocycles. The summed E-state index contributed by atoms with van der Waals surface area (Å²) in [5.74, 6) is 0.720. The number of benzene rings is 1. The molecular formula is C51H75NO7. The van der Waals surface area contributed by atoms with Gasteiger partial charge in [0.25, 0.3) is 0 Å². The van der Waals surface area contributed by atoms with Crippen molar-refractivity contribution in [3.8, 4) is 0 Å². The lowest BCUT2D eigenvalue weighted by Crippen LogP contribution is -2.67. The molecule has 1 N–H and O–H groups in total. The first kappa shape index (κ1) is 43.9. The number of ether oxygens (including phenoxy) is 2. The maximum Gasteiger partial charge on any atom is 0.312 e. The Hall–Kier alpha value is -3.16. The number of nitrogens with zero attached hydrogens (tertiary/aromatic N) is 1. The number of rotatable bonds is 10. The van der Waals surface area contributed by atoms with Crippen LogP contribution in [0.3, 0.4) is 0 Å². The molecule has 0 radical (unpaired) electrons. The number of fused-ring (bicyclic) bond motifs is 7. The molecule has 6 fully saturated rings. The molecule has 0 spiro atoms. The summed E-state index contributed by atoms with van der Waals surface area (Å²) in [6.45, 7) is 25.7. The summed E-state index contributed by atoms with van der Waals surface area (Å²) in [6.07, 6.45) is 11.7. The van der Waals surface area contributed by atoms with E-state index in [4.69, 9.17) is 9.47 Å². The lowest BCUT2D eigenvalue weighted by molar-refractivity contribution is -0.250. The van der Waals surface area contributed by atoms with Gasteiger partial charge in [0.05, 0.1) is 29.3 Å². The Balaban J connectivity index is 1.12. The molecule has 8 nitrogen and oxygen atoms in total. The lowest BCUT2D eigenvalue weighted by atomic mass is 9.32. The van der Waals surface area contributed by atoms with Crippen molar-refractivity contribution in [2.24, 2.45) is 67.5 Å². The molecule has 326 valence electrons. The van der Waals surface area contributed by atoms with Gasteiger partial charge in [0.1, 0.15) is 6.10 Å². The highest BCUT2D eigenvalue weighted by Crippen LogP contribution is 2.78. The molecule has 6 aliphatic rings. The molecule has 0 aromatic heterocycles. The Morgan fingerprint density at radius 2 is 1.51 bits per heavy atom. The molecule has 5 aliphatic carbocycles. The quantitative estimate of drug-likeness (QED) is 0.185. The summed E-state index contributed by atoms with van der Waals surface area (Å²) in [5.41, 5.74) is 0.189. The SMILES string of the molecule is C=C(C)[C@@H]1CC[C@]2(C(=O)N3CCC(Cc4ccccc4)(C(=O)OCC)CC3)CC[C@]3(C)[C@H](CC[C@@H]4[C@@]5(C)CC[C@H](OC(=O)CC(C)(C)C(=O)O)C(C)(C)[C@@H]5CC[C@]43C)[C@@H]12. The smallest absolute Gasteiger partial charge is 0.312 e. The van der Waals surface area contributed by atoms with E-state index >= 15 is 4.79 Å². The number of hydrogen-bond acceptors (Lipinski definition) is 6. The minimum absolute atomic E-state index is 0.0723. The molecule has 1 amide bonds. The van der Waals surface area contributed by atoms with E-state index < -0.39 is 28.2 Å². The average Bonchev–Trinajstić information content (AvgIpc) is 3.58. The minimum atomic E-state index is -1.16. The van der Waals surface area contributed by atoms with Crippen molar-refractivity contribution in [2.45, 2.75) is 158 Å². The van der Waals surface area contributed by atoms with Crippen LogP contribution in [0, 0.1) is 67.5 Å². The highest BCUT2D eigenvalue weighted by atomic mass is 16.5. The van der Waals surface area contributed by atoms with Gasteiger partial charge < -0.3 is 19.5 Å². The Kier molecular flexibility index (Phi) is 11.4. The predicted octanol–water partition coefficient (Wildman–Crippen LogP) is 10.5. The largest absolute Gasteiger partial charge is 0.481 e. The van der Waals surface area contributed by atoms with E-state index in [2.05, 4.69) is 65.2 Å². The number of carbonyl (C=O) groups is 4. The molecule has 1 aliphatic heterocycles. The summed E-state index contributed by atoms with van der Waals surface area (Å²) < 4.78 is 11.9. The van der Waals surface area contributed by atoms with Crippen LogP contribution in [0.4, 0.5) is 0 Å². The standard InChI is InChI=1S/C51H75NO7/c1-11-58-44(57)50(31-34-15-13-12-14-16-34)27-29-52(30-28-50)42(54)51-24-19-35(33(2)3)41(51)36-17-18-38-47(8)22-21-39(59-40(53)32-45(4,5)43(55)56)46(6,7)37(47)20-23-49(38,10)48(36,9)25-26-51/h12-16,35-39,41H,2,11,17-32H2,1,3-10H3,(H,55,56)/t35-,36+,37-,38+,39-,41+,47-,48+,49+,51-/m0/s1. The molecule has 59 heavy (non-hydrogen) atoms. The van der Waals surface area contributed by atoms with Gasteiger partial charge in [-0.05, 0) is 163 Å². The van der Waals surface area contributed by atoms with Crippen molar-refractivity contribution in [3.63, 3.8) is 0 Å². The third-order valence-corrected chi connectivity index (χ3v) is 19.0. The van der Waals surface area contributed by atoms with Crippen LogP contribution in [-0.4, -0.2) is 59.6 Å². The van der Waals surface area contributed by atoms with Crippen molar-refractivity contribution in [2.75, 3.05) is 19.7 Å². The first-order valence-electron chi connectivity index (χ1n) is 23.2. The molecule has 1 aromatic rings. The number of carbonyl (C=O) groups excluding carboxylic acids is 3. The molecule has 1 heterocycles. The molecule has 1 saturated heterocycles. The Morgan fingerprint density at radius 3 is 2.14 bits per heavy atom. The van der Waals surface area contributed by atoms with Crippen molar-refractivity contribution >= 4 is 23.8 Å². The summed E-state index contributed by atoms with van der Waals surface area (Å²) in [6, 6.07) is 10.2. The molecule has 7 rings (SSSR count). The topological polar surface area (TPSA) is 110 Å². The van der Waals surface area contributed by atoms with Crippen LogP contribution >= 0.6 is 0 Å². The van der Waals surface area contributed by atoms with E-state index in [0.29, 0.717) is 68.5 Å². The number of carboxylic acids is 1. The summed E-state index contributed by atoms with van der Waals surface area (Å²) in [4.78, 5) is 56.1. The number of hydrogen-bond donors (Lipinski definition) is 1. The van der Waals surface area contributed by atoms with E-state index in [1.54, 1.807) is 13.8 Å². The van der Waals surface area contributed by atoms with Gasteiger partial charge in [0.15, 0.2) is 0 Å². The second kappa shape index (κ2) is 15.3. The Bertz CT molecular complexity index is 1810. The third kappa shape index (κ3) is 6.91. The maximum absolute atomic E-state index is 15.4. The molecule has 10 atom stereocenters. The molecule has 8 heteroatoms. The van der Waals surface area contributed by atoms with Gasteiger partial charge in [-0.3, -0.25) is 19.2 Å². The van der Waals surface area contributed by atoms with Gasteiger partial charge in [-0.2, -0.15) is 0 Å². The zero-order valence-corrected chi connectivity index (χ0v) is 37.9. The second-order valence-electron chi connectivity index (χ2n) is 22.5. The van der Waals surface area contributed by atoms with Gasteiger partial charge in [-0.15, -0.1) is 0 Å². The maximum atomic E-state index is 15.4. The summed E-state index contributed by atoms with van der Waals surface area (Å²) >= 11 is 0. The molecule has 0 bridgehead atoms. The summed E-state index contributed by atoms with van der Waals surface area (Å²) in [5, 5.41) is 9.66. The number of aliphatic carboxylic acids is 1. The zero-order valence-electron chi connectivity index (χ0n) is 37.9. The first-order valence-corrected chi connectivity index (χ1v) is 23.2. The Morgan fingerprint density at radius 1 is 0.831 bits per heavy atom. The van der Waals surface area contributed by atoms with Crippen molar-refractivity contribution < 1.29 is 33.8 Å². The fourth-order valence-electron chi connectivity index (χ4n) is 15.5. The fraction of sp³-hybridized carbons (Fsp3) is 0.765. The van der Waals surface area contributed by atoms with E-state index in [1.165, 1.54) is 5.57 Å². The third-order valence-electron chi connectivity index (χ3n) is 19.0. The van der Waals surface area contributed by atoms with Gasteiger partial charge >= 0.3 is 17.9 Å². The average molecular weight is 814 g/mol. The zero-order chi connectivity index (χ0) is 43.0. The first-order chi connectivity index (χ1) is 27.6. The van der Waals surface area contributed by atoms with Crippen molar-refractivity contribution in [1.29, 1.82) is 0 Å². The van der Waals surface area contributed by atoms with Gasteiger partial charge in [-0.1, -0.05) is 77.1 Å². The van der Waals surface area contributed by atoms with E-state index in [9.17, 15) is 19.5 Å². The molecular weight excluding hydrogens is 739 g/mol. The number of allylic oxidation sites excluding steroid dienone is 1. The molecule has 0 unspecified atom stereocenters. The van der Waals surface area contributed by atoms with Gasteiger partial charge in [0.2, 0.25) is 5.91 Å². The number of carboxylic acid groups (broad SMARTS) is 1. The minimum Gasteiger partial charge on any atom is -0.481 e. The monoisotopic (exact) mass is 814 g/mol. The number of esters is 2.